The summed E-state index contributed by atoms with van der Waals surface area (Å²) in [6.45, 7) is 1.66. The summed E-state index contributed by atoms with van der Waals surface area (Å²) in [7, 11) is 0. The molecule has 0 atom stereocenters. The number of thiophene rings is 2. The van der Waals surface area contributed by atoms with E-state index in [1.807, 2.05) is 22.9 Å². The molecule has 1 aliphatic rings. The Hall–Kier alpha value is -1.99. The summed E-state index contributed by atoms with van der Waals surface area (Å²) in [5.41, 5.74) is 0.779. The summed E-state index contributed by atoms with van der Waals surface area (Å²) in [6.07, 6.45) is 2.53. The third-order valence-corrected chi connectivity index (χ3v) is 5.65. The Balaban J connectivity index is 1.77. The summed E-state index contributed by atoms with van der Waals surface area (Å²) in [5, 5.41) is 4.57. The van der Waals surface area contributed by atoms with Gasteiger partial charge in [-0.15, -0.1) is 22.7 Å². The van der Waals surface area contributed by atoms with Crippen molar-refractivity contribution < 1.29 is 4.79 Å². The zero-order valence-corrected chi connectivity index (χ0v) is 13.3. The van der Waals surface area contributed by atoms with Crippen molar-refractivity contribution in [2.45, 2.75) is 13.0 Å². The summed E-state index contributed by atoms with van der Waals surface area (Å²) in [4.78, 5) is 32.7. The normalized spacial score (nSPS) is 14.3. The molecule has 4 rings (SSSR count). The number of hydrogen-bond donors (Lipinski definition) is 0. The summed E-state index contributed by atoms with van der Waals surface area (Å²) in [5.74, 6) is -0.0117. The van der Waals surface area contributed by atoms with Crippen molar-refractivity contribution in [1.29, 1.82) is 0 Å². The molecule has 0 N–H and O–H groups in total. The van der Waals surface area contributed by atoms with Gasteiger partial charge in [-0.2, -0.15) is 0 Å². The third-order valence-electron chi connectivity index (χ3n) is 3.86. The van der Waals surface area contributed by atoms with Gasteiger partial charge in [0, 0.05) is 28.9 Å². The maximum absolute atomic E-state index is 12.7. The van der Waals surface area contributed by atoms with Crippen LogP contribution >= 0.6 is 22.7 Å². The lowest BCUT2D eigenvalue weighted by Crippen LogP contribution is -2.44. The molecule has 7 heteroatoms. The van der Waals surface area contributed by atoms with E-state index in [1.165, 1.54) is 22.2 Å². The van der Waals surface area contributed by atoms with Crippen LogP contribution in [0, 0.1) is 0 Å². The van der Waals surface area contributed by atoms with Crippen LogP contribution < -0.4 is 5.56 Å². The van der Waals surface area contributed by atoms with Crippen LogP contribution in [-0.2, 0) is 11.3 Å². The van der Waals surface area contributed by atoms with Gasteiger partial charge in [0.25, 0.3) is 5.56 Å². The number of nitrogens with zero attached hydrogens (tertiary/aromatic N) is 3. The summed E-state index contributed by atoms with van der Waals surface area (Å²) >= 11 is 3.06. The number of carbonyl (C=O) groups is 1. The van der Waals surface area contributed by atoms with E-state index >= 15 is 0 Å². The van der Waals surface area contributed by atoms with Gasteiger partial charge in [0.2, 0.25) is 5.91 Å². The molecule has 1 amide bonds. The van der Waals surface area contributed by atoms with Gasteiger partial charge in [0.1, 0.15) is 11.4 Å². The Morgan fingerprint density at radius 3 is 2.86 bits per heavy atom. The molecule has 0 saturated carbocycles. The molecule has 3 aromatic rings. The lowest BCUT2D eigenvalue weighted by Gasteiger charge is -2.30. The highest BCUT2D eigenvalue weighted by atomic mass is 32.1. The number of hydrogen-bond acceptors (Lipinski definition) is 5. The number of amides is 1. The quantitative estimate of drug-likeness (QED) is 0.741. The number of aromatic nitrogens is 2. The predicted octanol–water partition coefficient (Wildman–Crippen LogP) is 2.42. The van der Waals surface area contributed by atoms with Gasteiger partial charge >= 0.3 is 0 Å². The van der Waals surface area contributed by atoms with Crippen LogP contribution in [0.4, 0.5) is 0 Å². The zero-order valence-electron chi connectivity index (χ0n) is 11.7. The number of likely N-dealkylation sites (tertiary alicyclic amines) is 1. The van der Waals surface area contributed by atoms with Crippen molar-refractivity contribution in [3.63, 3.8) is 0 Å². The Labute approximate surface area is 134 Å². The molecule has 3 aromatic heterocycles. The number of carbonyl (C=O) groups excluding carboxylic acids is 1. The minimum atomic E-state index is -0.136. The smallest absolute Gasteiger partial charge is 0.263 e. The van der Waals surface area contributed by atoms with Gasteiger partial charge in [0.05, 0.1) is 11.7 Å². The van der Waals surface area contributed by atoms with Crippen molar-refractivity contribution in [1.82, 2.24) is 14.5 Å². The van der Waals surface area contributed by atoms with Crippen LogP contribution in [0.5, 0.6) is 0 Å². The molecule has 0 aromatic carbocycles. The molecule has 0 bridgehead atoms. The molecule has 1 saturated heterocycles. The van der Waals surface area contributed by atoms with Crippen LogP contribution in [0.3, 0.4) is 0 Å². The van der Waals surface area contributed by atoms with E-state index < -0.39 is 0 Å². The van der Waals surface area contributed by atoms with Crippen LogP contribution in [0.1, 0.15) is 6.42 Å². The molecule has 0 spiro atoms. The molecule has 1 fully saturated rings. The number of fused-ring (bicyclic) bond motifs is 1. The van der Waals surface area contributed by atoms with E-state index in [4.69, 9.17) is 0 Å². The first-order valence-electron chi connectivity index (χ1n) is 7.02. The van der Waals surface area contributed by atoms with E-state index in [-0.39, 0.29) is 18.0 Å². The Bertz CT molecular complexity index is 891. The molecule has 0 unspecified atom stereocenters. The second kappa shape index (κ2) is 5.33. The van der Waals surface area contributed by atoms with Gasteiger partial charge in [-0.05, 0) is 17.9 Å². The molecule has 0 aliphatic carbocycles. The fourth-order valence-corrected chi connectivity index (χ4v) is 4.23. The molecule has 5 nitrogen and oxygen atoms in total. The van der Waals surface area contributed by atoms with Gasteiger partial charge < -0.3 is 4.90 Å². The molecule has 112 valence electrons. The molecular formula is C15H13N3O2S2. The van der Waals surface area contributed by atoms with Crippen molar-refractivity contribution in [3.8, 4) is 10.4 Å². The predicted molar refractivity (Wildman–Crippen MR) is 88.4 cm³/mol. The SMILES string of the molecule is O=C(Cn1cnc2scc(-c3cccs3)c2c1=O)N1CCC1. The zero-order chi connectivity index (χ0) is 15.1. The minimum absolute atomic E-state index is 0.0117. The Morgan fingerprint density at radius 2 is 2.18 bits per heavy atom. The largest absolute Gasteiger partial charge is 0.341 e. The van der Waals surface area contributed by atoms with Crippen molar-refractivity contribution in [2.24, 2.45) is 0 Å². The second-order valence-electron chi connectivity index (χ2n) is 5.22. The molecule has 0 radical (unpaired) electrons. The van der Waals surface area contributed by atoms with Gasteiger partial charge in [-0.25, -0.2) is 4.98 Å². The van der Waals surface area contributed by atoms with Crippen LogP contribution in [0.2, 0.25) is 0 Å². The van der Waals surface area contributed by atoms with E-state index in [0.29, 0.717) is 5.39 Å². The maximum atomic E-state index is 12.7. The minimum Gasteiger partial charge on any atom is -0.341 e. The van der Waals surface area contributed by atoms with E-state index in [1.54, 1.807) is 16.2 Å². The molecule has 22 heavy (non-hydrogen) atoms. The summed E-state index contributed by atoms with van der Waals surface area (Å²) < 4.78 is 1.42. The fraction of sp³-hybridized carbons (Fsp3) is 0.267. The highest BCUT2D eigenvalue weighted by Crippen LogP contribution is 2.33. The lowest BCUT2D eigenvalue weighted by atomic mass is 10.2. The fourth-order valence-electron chi connectivity index (χ4n) is 2.50. The first-order valence-corrected chi connectivity index (χ1v) is 8.78. The van der Waals surface area contributed by atoms with E-state index in [0.717, 1.165) is 34.8 Å². The van der Waals surface area contributed by atoms with Crippen LogP contribution in [0.15, 0.2) is 34.0 Å². The number of rotatable bonds is 3. The third kappa shape index (κ3) is 2.17. The van der Waals surface area contributed by atoms with Crippen molar-refractivity contribution in [2.75, 3.05) is 13.1 Å². The molecule has 4 heterocycles. The van der Waals surface area contributed by atoms with E-state index in [9.17, 15) is 9.59 Å². The van der Waals surface area contributed by atoms with Crippen molar-refractivity contribution in [3.05, 3.63) is 39.6 Å². The first-order chi connectivity index (χ1) is 10.7. The standard InChI is InChI=1S/C15H13N3O2S2/c19-12(17-4-2-5-17)7-18-9-16-14-13(15(18)20)10(8-22-14)11-3-1-6-21-11/h1,3,6,8-9H,2,4-5,7H2. The average Bonchev–Trinajstić information content (AvgIpc) is 3.08. The maximum Gasteiger partial charge on any atom is 0.263 e. The highest BCUT2D eigenvalue weighted by molar-refractivity contribution is 7.18. The molecular weight excluding hydrogens is 318 g/mol. The van der Waals surface area contributed by atoms with Gasteiger partial charge in [-0.3, -0.25) is 14.2 Å². The van der Waals surface area contributed by atoms with Crippen LogP contribution in [0.25, 0.3) is 20.7 Å². The Morgan fingerprint density at radius 1 is 1.32 bits per heavy atom. The van der Waals surface area contributed by atoms with Gasteiger partial charge in [-0.1, -0.05) is 6.07 Å². The molecule has 1 aliphatic heterocycles. The first kappa shape index (κ1) is 13.7. The van der Waals surface area contributed by atoms with Gasteiger partial charge in [0.15, 0.2) is 0 Å². The monoisotopic (exact) mass is 331 g/mol. The van der Waals surface area contributed by atoms with Crippen LogP contribution in [-0.4, -0.2) is 33.4 Å². The average molecular weight is 331 g/mol. The van der Waals surface area contributed by atoms with E-state index in [2.05, 4.69) is 4.98 Å². The topological polar surface area (TPSA) is 55.2 Å². The second-order valence-corrected chi connectivity index (χ2v) is 7.02. The Kier molecular flexibility index (Phi) is 3.31. The van der Waals surface area contributed by atoms with Crippen molar-refractivity contribution >= 4 is 38.8 Å². The highest BCUT2D eigenvalue weighted by Gasteiger charge is 2.21. The summed E-state index contributed by atoms with van der Waals surface area (Å²) in [6, 6.07) is 3.96. The lowest BCUT2D eigenvalue weighted by molar-refractivity contribution is -0.135.